The average molecular weight is 485 g/mol. The second-order valence-electron chi connectivity index (χ2n) is 7.98. The van der Waals surface area contributed by atoms with E-state index in [2.05, 4.69) is 10.3 Å². The van der Waals surface area contributed by atoms with Gasteiger partial charge in [0.15, 0.2) is 0 Å². The van der Waals surface area contributed by atoms with Crippen LogP contribution in [0, 0.1) is 0 Å². The molecule has 3 aromatic carbocycles. The molecule has 0 saturated carbocycles. The van der Waals surface area contributed by atoms with Gasteiger partial charge in [-0.15, -0.1) is 0 Å². The van der Waals surface area contributed by atoms with Crippen LogP contribution < -0.4 is 14.8 Å². The summed E-state index contributed by atoms with van der Waals surface area (Å²) in [5.74, 6) is 1.26. The van der Waals surface area contributed by atoms with Crippen LogP contribution >= 0.6 is 0 Å². The molecule has 0 spiro atoms. The summed E-state index contributed by atoms with van der Waals surface area (Å²) in [4.78, 5) is 32.1. The summed E-state index contributed by atoms with van der Waals surface area (Å²) in [6, 6.07) is 23.9. The van der Waals surface area contributed by atoms with Crippen LogP contribution in [0.5, 0.6) is 11.5 Å². The highest BCUT2D eigenvalue weighted by Gasteiger charge is 2.20. The SMILES string of the molecule is CCN(CC(=O)Nc1nc(-c2ccc(OC)cc2)cn1-c1ccc(OC)cc1)C(=O)c1ccccc1. The fraction of sp³-hybridized carbons (Fsp3) is 0.179. The summed E-state index contributed by atoms with van der Waals surface area (Å²) in [7, 11) is 3.22. The van der Waals surface area contributed by atoms with E-state index in [1.807, 2.05) is 67.7 Å². The Morgan fingerprint density at radius 3 is 2.08 bits per heavy atom. The first-order valence-corrected chi connectivity index (χ1v) is 11.5. The van der Waals surface area contributed by atoms with E-state index in [1.54, 1.807) is 43.1 Å². The standard InChI is InChI=1S/C28H28N4O4/c1-4-31(27(34)21-8-6-5-7-9-21)19-26(33)30-28-29-25(20-10-14-23(35-2)15-11-20)18-32(28)22-12-16-24(36-3)17-13-22/h5-18H,4,19H2,1-3H3,(H,29,30,33). The molecule has 1 N–H and O–H groups in total. The van der Waals surface area contributed by atoms with Crippen molar-refractivity contribution >= 4 is 17.8 Å². The largest absolute Gasteiger partial charge is 0.497 e. The third kappa shape index (κ3) is 5.55. The van der Waals surface area contributed by atoms with E-state index in [1.165, 1.54) is 4.90 Å². The molecule has 0 saturated heterocycles. The van der Waals surface area contributed by atoms with Crippen molar-refractivity contribution in [2.45, 2.75) is 6.92 Å². The van der Waals surface area contributed by atoms with Crippen molar-refractivity contribution in [3.63, 3.8) is 0 Å². The Labute approximate surface area is 210 Å². The molecule has 0 bridgehead atoms. The molecule has 8 nitrogen and oxygen atoms in total. The van der Waals surface area contributed by atoms with Gasteiger partial charge in [0.2, 0.25) is 11.9 Å². The molecule has 0 aliphatic heterocycles. The maximum Gasteiger partial charge on any atom is 0.254 e. The molecule has 0 radical (unpaired) electrons. The van der Waals surface area contributed by atoms with Gasteiger partial charge in [0.25, 0.3) is 5.91 Å². The fourth-order valence-corrected chi connectivity index (χ4v) is 3.74. The summed E-state index contributed by atoms with van der Waals surface area (Å²) < 4.78 is 12.3. The van der Waals surface area contributed by atoms with E-state index in [4.69, 9.17) is 9.47 Å². The predicted molar refractivity (Wildman–Crippen MR) is 139 cm³/mol. The first-order valence-electron chi connectivity index (χ1n) is 11.5. The van der Waals surface area contributed by atoms with Crippen molar-refractivity contribution in [1.29, 1.82) is 0 Å². The lowest BCUT2D eigenvalue weighted by atomic mass is 10.1. The van der Waals surface area contributed by atoms with E-state index in [0.29, 0.717) is 23.8 Å². The van der Waals surface area contributed by atoms with Gasteiger partial charge >= 0.3 is 0 Å². The number of amides is 2. The van der Waals surface area contributed by atoms with Gasteiger partial charge in [-0.25, -0.2) is 4.98 Å². The van der Waals surface area contributed by atoms with Crippen LogP contribution in [0.1, 0.15) is 17.3 Å². The van der Waals surface area contributed by atoms with Crippen molar-refractivity contribution in [3.8, 4) is 28.4 Å². The number of carbonyl (C=O) groups is 2. The summed E-state index contributed by atoms with van der Waals surface area (Å²) >= 11 is 0. The Hall–Kier alpha value is -4.59. The van der Waals surface area contributed by atoms with Crippen LogP contribution in [0.15, 0.2) is 85.1 Å². The number of anilines is 1. The minimum Gasteiger partial charge on any atom is -0.497 e. The number of hydrogen-bond acceptors (Lipinski definition) is 5. The Bertz CT molecular complexity index is 1320. The van der Waals surface area contributed by atoms with Crippen LogP contribution in [0.25, 0.3) is 16.9 Å². The number of imidazole rings is 1. The molecule has 36 heavy (non-hydrogen) atoms. The second kappa shape index (κ2) is 11.2. The zero-order valence-corrected chi connectivity index (χ0v) is 20.5. The van der Waals surface area contributed by atoms with Crippen molar-refractivity contribution in [1.82, 2.24) is 14.5 Å². The first-order chi connectivity index (χ1) is 17.5. The second-order valence-corrected chi connectivity index (χ2v) is 7.98. The lowest BCUT2D eigenvalue weighted by Crippen LogP contribution is -2.38. The van der Waals surface area contributed by atoms with E-state index >= 15 is 0 Å². The molecule has 4 aromatic rings. The average Bonchev–Trinajstić information content (AvgIpc) is 3.35. The van der Waals surface area contributed by atoms with Crippen molar-refractivity contribution < 1.29 is 19.1 Å². The van der Waals surface area contributed by atoms with Crippen molar-refractivity contribution in [2.75, 3.05) is 32.6 Å². The van der Waals surface area contributed by atoms with Crippen molar-refractivity contribution in [2.24, 2.45) is 0 Å². The molecular formula is C28H28N4O4. The molecule has 0 atom stereocenters. The highest BCUT2D eigenvalue weighted by molar-refractivity contribution is 5.99. The summed E-state index contributed by atoms with van der Waals surface area (Å²) in [5, 5.41) is 2.88. The number of rotatable bonds is 9. The first kappa shape index (κ1) is 24.5. The minimum absolute atomic E-state index is 0.0996. The smallest absolute Gasteiger partial charge is 0.254 e. The molecule has 4 rings (SSSR count). The molecule has 8 heteroatoms. The van der Waals surface area contributed by atoms with Crippen LogP contribution in [0.2, 0.25) is 0 Å². The third-order valence-electron chi connectivity index (χ3n) is 5.72. The Morgan fingerprint density at radius 1 is 0.889 bits per heavy atom. The number of ether oxygens (including phenoxy) is 2. The number of nitrogens with one attached hydrogen (secondary N) is 1. The summed E-state index contributed by atoms with van der Waals surface area (Å²) in [5.41, 5.74) is 2.88. The normalized spacial score (nSPS) is 10.5. The maximum atomic E-state index is 13.0. The Kier molecular flexibility index (Phi) is 7.65. The molecule has 184 valence electrons. The van der Waals surface area contributed by atoms with Gasteiger partial charge in [-0.05, 0) is 67.6 Å². The summed E-state index contributed by atoms with van der Waals surface area (Å²) in [6.07, 6.45) is 1.85. The number of benzene rings is 3. The van der Waals surface area contributed by atoms with Gasteiger partial charge in [-0.1, -0.05) is 18.2 Å². The monoisotopic (exact) mass is 484 g/mol. The van der Waals surface area contributed by atoms with Crippen LogP contribution in [0.4, 0.5) is 5.95 Å². The fourth-order valence-electron chi connectivity index (χ4n) is 3.74. The molecule has 0 aliphatic rings. The molecule has 2 amide bonds. The highest BCUT2D eigenvalue weighted by Crippen LogP contribution is 2.27. The van der Waals surface area contributed by atoms with Crippen LogP contribution in [0.3, 0.4) is 0 Å². The maximum absolute atomic E-state index is 13.0. The predicted octanol–water partition coefficient (Wildman–Crippen LogP) is 4.66. The topological polar surface area (TPSA) is 85.7 Å². The number of methoxy groups -OCH3 is 2. The van der Waals surface area contributed by atoms with Gasteiger partial charge in [-0.3, -0.25) is 19.5 Å². The lowest BCUT2D eigenvalue weighted by molar-refractivity contribution is -0.116. The number of carbonyl (C=O) groups excluding carboxylic acids is 2. The number of likely N-dealkylation sites (N-methyl/N-ethyl adjacent to an activating group) is 1. The van der Waals surface area contributed by atoms with Gasteiger partial charge in [0, 0.05) is 29.6 Å². The molecular weight excluding hydrogens is 456 g/mol. The highest BCUT2D eigenvalue weighted by atomic mass is 16.5. The van der Waals surface area contributed by atoms with Gasteiger partial charge in [-0.2, -0.15) is 0 Å². The molecule has 0 aliphatic carbocycles. The van der Waals surface area contributed by atoms with Crippen LogP contribution in [-0.2, 0) is 4.79 Å². The number of aromatic nitrogens is 2. The zero-order valence-electron chi connectivity index (χ0n) is 20.5. The van der Waals surface area contributed by atoms with E-state index in [0.717, 1.165) is 22.7 Å². The molecule has 1 heterocycles. The van der Waals surface area contributed by atoms with Crippen LogP contribution in [-0.4, -0.2) is 53.6 Å². The third-order valence-corrected chi connectivity index (χ3v) is 5.72. The van der Waals surface area contributed by atoms with Gasteiger partial charge in [0.1, 0.15) is 18.0 Å². The quantitative estimate of drug-likeness (QED) is 0.374. The molecule has 1 aromatic heterocycles. The minimum atomic E-state index is -0.345. The van der Waals surface area contributed by atoms with E-state index in [9.17, 15) is 9.59 Å². The van der Waals surface area contributed by atoms with E-state index in [-0.39, 0.29) is 18.4 Å². The lowest BCUT2D eigenvalue weighted by Gasteiger charge is -2.20. The zero-order chi connectivity index (χ0) is 25.5. The number of nitrogens with zero attached hydrogens (tertiary/aromatic N) is 3. The Morgan fingerprint density at radius 2 is 1.50 bits per heavy atom. The molecule has 0 unspecified atom stereocenters. The summed E-state index contributed by atoms with van der Waals surface area (Å²) in [6.45, 7) is 2.14. The van der Waals surface area contributed by atoms with E-state index < -0.39 is 0 Å². The molecule has 0 fully saturated rings. The Balaban J connectivity index is 1.61. The number of hydrogen-bond donors (Lipinski definition) is 1. The van der Waals surface area contributed by atoms with Crippen molar-refractivity contribution in [3.05, 3.63) is 90.6 Å². The van der Waals surface area contributed by atoms with Gasteiger partial charge < -0.3 is 14.4 Å². The van der Waals surface area contributed by atoms with Gasteiger partial charge in [0.05, 0.1) is 19.9 Å².